The molecular weight excluding hydrogens is 384 g/mol. The Balaban J connectivity index is 1.65. The highest BCUT2D eigenvalue weighted by Gasteiger charge is 2.20. The van der Waals surface area contributed by atoms with Crippen molar-refractivity contribution in [3.05, 3.63) is 59.1 Å². The maximum Gasteiger partial charge on any atom is 0.277 e. The Labute approximate surface area is 156 Å². The number of carbonyl (C=O) groups is 1. The number of rotatable bonds is 5. The molecule has 3 aromatic rings. The molecule has 26 heavy (non-hydrogen) atoms. The zero-order valence-electron chi connectivity index (χ0n) is 13.4. The van der Waals surface area contributed by atoms with Crippen LogP contribution in [0.2, 0.25) is 5.02 Å². The highest BCUT2D eigenvalue weighted by atomic mass is 35.5. The average molecular weight is 396 g/mol. The van der Waals surface area contributed by atoms with Gasteiger partial charge in [0.1, 0.15) is 11.6 Å². The van der Waals surface area contributed by atoms with Gasteiger partial charge in [-0.05, 0) is 49.4 Å². The number of hydrogen-bond donors (Lipinski definition) is 1. The van der Waals surface area contributed by atoms with Gasteiger partial charge >= 0.3 is 0 Å². The summed E-state index contributed by atoms with van der Waals surface area (Å²) in [5.41, 5.74) is 0.593. The number of thioether (sulfide) groups is 1. The zero-order chi connectivity index (χ0) is 18.7. The van der Waals surface area contributed by atoms with Crippen molar-refractivity contribution in [1.29, 1.82) is 0 Å². The molecular formula is C17H12ClF2N3O2S. The topological polar surface area (TPSA) is 68.0 Å². The number of carbonyl (C=O) groups excluding carboxylic acids is 1. The van der Waals surface area contributed by atoms with Gasteiger partial charge in [-0.1, -0.05) is 23.4 Å². The van der Waals surface area contributed by atoms with Crippen LogP contribution in [0.3, 0.4) is 0 Å². The van der Waals surface area contributed by atoms with Crippen molar-refractivity contribution in [2.75, 3.05) is 5.32 Å². The van der Waals surface area contributed by atoms with E-state index in [1.807, 2.05) is 0 Å². The van der Waals surface area contributed by atoms with Gasteiger partial charge in [0.05, 0.1) is 10.9 Å². The molecule has 2 aromatic carbocycles. The third-order valence-corrected chi connectivity index (χ3v) is 4.50. The summed E-state index contributed by atoms with van der Waals surface area (Å²) in [6.45, 7) is 1.62. The van der Waals surface area contributed by atoms with Crippen LogP contribution in [0, 0.1) is 11.6 Å². The van der Waals surface area contributed by atoms with Gasteiger partial charge in [-0.25, -0.2) is 8.78 Å². The lowest BCUT2D eigenvalue weighted by atomic mass is 10.2. The van der Waals surface area contributed by atoms with E-state index in [1.54, 1.807) is 6.92 Å². The van der Waals surface area contributed by atoms with E-state index in [0.29, 0.717) is 5.56 Å². The third-order valence-electron chi connectivity index (χ3n) is 3.33. The van der Waals surface area contributed by atoms with Crippen molar-refractivity contribution in [2.45, 2.75) is 17.4 Å². The van der Waals surface area contributed by atoms with Crippen LogP contribution >= 0.6 is 23.4 Å². The minimum Gasteiger partial charge on any atom is -0.411 e. The molecule has 1 N–H and O–H groups in total. The van der Waals surface area contributed by atoms with E-state index in [9.17, 15) is 13.6 Å². The van der Waals surface area contributed by atoms with E-state index in [1.165, 1.54) is 36.4 Å². The zero-order valence-corrected chi connectivity index (χ0v) is 14.9. The van der Waals surface area contributed by atoms with E-state index in [4.69, 9.17) is 16.0 Å². The highest BCUT2D eigenvalue weighted by Crippen LogP contribution is 2.27. The highest BCUT2D eigenvalue weighted by molar-refractivity contribution is 8.00. The molecule has 1 aromatic heterocycles. The molecule has 0 bridgehead atoms. The lowest BCUT2D eigenvalue weighted by molar-refractivity contribution is -0.115. The largest absolute Gasteiger partial charge is 0.411 e. The summed E-state index contributed by atoms with van der Waals surface area (Å²) in [4.78, 5) is 12.2. The molecule has 3 rings (SSSR count). The number of nitrogens with one attached hydrogen (secondary N) is 1. The molecule has 0 aliphatic heterocycles. The second-order valence-electron chi connectivity index (χ2n) is 5.25. The Morgan fingerprint density at radius 1 is 1.19 bits per heavy atom. The number of benzene rings is 2. The van der Waals surface area contributed by atoms with Gasteiger partial charge in [0, 0.05) is 10.6 Å². The van der Waals surface area contributed by atoms with Crippen LogP contribution in [-0.2, 0) is 4.79 Å². The molecule has 0 aliphatic carbocycles. The predicted octanol–water partition coefficient (Wildman–Crippen LogP) is 4.79. The van der Waals surface area contributed by atoms with Crippen LogP contribution in [0.4, 0.5) is 14.5 Å². The van der Waals surface area contributed by atoms with Crippen LogP contribution < -0.4 is 5.32 Å². The average Bonchev–Trinajstić information content (AvgIpc) is 3.06. The summed E-state index contributed by atoms with van der Waals surface area (Å²) in [6, 6.07) is 9.55. The second kappa shape index (κ2) is 7.84. The molecule has 9 heteroatoms. The quantitative estimate of drug-likeness (QED) is 0.629. The Bertz CT molecular complexity index is 934. The Morgan fingerprint density at radius 2 is 1.92 bits per heavy atom. The molecule has 0 aliphatic rings. The van der Waals surface area contributed by atoms with Crippen molar-refractivity contribution in [3.63, 3.8) is 0 Å². The summed E-state index contributed by atoms with van der Waals surface area (Å²) < 4.78 is 32.2. The monoisotopic (exact) mass is 395 g/mol. The summed E-state index contributed by atoms with van der Waals surface area (Å²) in [5.74, 6) is -1.22. The van der Waals surface area contributed by atoms with E-state index in [2.05, 4.69) is 15.5 Å². The van der Waals surface area contributed by atoms with Gasteiger partial charge in [0.15, 0.2) is 0 Å². The van der Waals surface area contributed by atoms with Gasteiger partial charge in [-0.3, -0.25) is 4.79 Å². The molecule has 0 saturated heterocycles. The van der Waals surface area contributed by atoms with Crippen LogP contribution in [0.15, 0.2) is 52.1 Å². The SMILES string of the molecule is C[C@@H](Sc1nnc(-c2ccc(F)cc2)o1)C(=O)Nc1ccc(Cl)cc1F. The number of aromatic nitrogens is 2. The molecule has 0 unspecified atom stereocenters. The van der Waals surface area contributed by atoms with Gasteiger partial charge in [-0.2, -0.15) is 0 Å². The Hall–Kier alpha value is -2.45. The first kappa shape index (κ1) is 18.3. The summed E-state index contributed by atoms with van der Waals surface area (Å²) in [7, 11) is 0. The van der Waals surface area contributed by atoms with E-state index in [-0.39, 0.29) is 27.6 Å². The maximum atomic E-state index is 13.7. The minimum atomic E-state index is -0.626. The molecule has 1 amide bonds. The normalized spacial score (nSPS) is 12.0. The first-order valence-electron chi connectivity index (χ1n) is 7.44. The summed E-state index contributed by atoms with van der Waals surface area (Å²) in [5, 5.41) is 9.99. The molecule has 1 heterocycles. The standard InChI is InChI=1S/C17H12ClF2N3O2S/c1-9(15(24)21-14-7-4-11(18)8-13(14)20)26-17-23-22-16(25-17)10-2-5-12(19)6-3-10/h2-9H,1H3,(H,21,24)/t9-/m1/s1. The van der Waals surface area contributed by atoms with Crippen LogP contribution in [-0.4, -0.2) is 21.4 Å². The van der Waals surface area contributed by atoms with Crippen molar-refractivity contribution >= 4 is 35.0 Å². The minimum absolute atomic E-state index is 0.0318. The first-order chi connectivity index (χ1) is 12.4. The number of hydrogen-bond acceptors (Lipinski definition) is 5. The second-order valence-corrected chi connectivity index (χ2v) is 6.98. The molecule has 1 atom stereocenters. The first-order valence-corrected chi connectivity index (χ1v) is 8.70. The number of nitrogens with zero attached hydrogens (tertiary/aromatic N) is 2. The van der Waals surface area contributed by atoms with Crippen molar-refractivity contribution < 1.29 is 18.0 Å². The number of anilines is 1. The van der Waals surface area contributed by atoms with Crippen LogP contribution in [0.25, 0.3) is 11.5 Å². The van der Waals surface area contributed by atoms with E-state index >= 15 is 0 Å². The smallest absolute Gasteiger partial charge is 0.277 e. The van der Waals surface area contributed by atoms with E-state index in [0.717, 1.165) is 17.8 Å². The third kappa shape index (κ3) is 4.39. The maximum absolute atomic E-state index is 13.7. The molecule has 5 nitrogen and oxygen atoms in total. The lowest BCUT2D eigenvalue weighted by Crippen LogP contribution is -2.23. The Kier molecular flexibility index (Phi) is 5.53. The number of amides is 1. The summed E-state index contributed by atoms with van der Waals surface area (Å²) >= 11 is 6.70. The van der Waals surface area contributed by atoms with Crippen molar-refractivity contribution in [2.24, 2.45) is 0 Å². The van der Waals surface area contributed by atoms with Crippen LogP contribution in [0.5, 0.6) is 0 Å². The molecule has 0 radical (unpaired) electrons. The molecule has 134 valence electrons. The van der Waals surface area contributed by atoms with Crippen molar-refractivity contribution in [3.8, 4) is 11.5 Å². The van der Waals surface area contributed by atoms with Gasteiger partial charge in [-0.15, -0.1) is 10.2 Å². The number of halogens is 3. The van der Waals surface area contributed by atoms with Gasteiger partial charge in [0.2, 0.25) is 11.8 Å². The van der Waals surface area contributed by atoms with Gasteiger partial charge < -0.3 is 9.73 Å². The summed E-state index contributed by atoms with van der Waals surface area (Å²) in [6.07, 6.45) is 0. The fraction of sp³-hybridized carbons (Fsp3) is 0.118. The van der Waals surface area contributed by atoms with E-state index < -0.39 is 17.0 Å². The van der Waals surface area contributed by atoms with Gasteiger partial charge in [0.25, 0.3) is 5.22 Å². The fourth-order valence-corrected chi connectivity index (χ4v) is 2.84. The molecule has 0 fully saturated rings. The predicted molar refractivity (Wildman–Crippen MR) is 95.1 cm³/mol. The fourth-order valence-electron chi connectivity index (χ4n) is 2.00. The van der Waals surface area contributed by atoms with Crippen LogP contribution in [0.1, 0.15) is 6.92 Å². The molecule has 0 spiro atoms. The molecule has 0 saturated carbocycles. The lowest BCUT2D eigenvalue weighted by Gasteiger charge is -2.10. The Morgan fingerprint density at radius 3 is 2.62 bits per heavy atom. The van der Waals surface area contributed by atoms with Crippen molar-refractivity contribution in [1.82, 2.24) is 10.2 Å².